The van der Waals surface area contributed by atoms with Crippen molar-refractivity contribution in [3.63, 3.8) is 0 Å². The van der Waals surface area contributed by atoms with Crippen LogP contribution in [-0.4, -0.2) is 75.8 Å². The van der Waals surface area contributed by atoms with Gasteiger partial charge in [0.2, 0.25) is 10.0 Å². The van der Waals surface area contributed by atoms with Crippen molar-refractivity contribution in [3.8, 4) is 11.4 Å². The van der Waals surface area contributed by atoms with Crippen LogP contribution in [-0.2, 0) is 29.9 Å². The van der Waals surface area contributed by atoms with Gasteiger partial charge in [-0.15, -0.1) is 10.2 Å². The first-order chi connectivity index (χ1) is 20.0. The lowest BCUT2D eigenvalue weighted by molar-refractivity contribution is 0.289. The predicted molar refractivity (Wildman–Crippen MR) is 165 cm³/mol. The van der Waals surface area contributed by atoms with Crippen LogP contribution in [0.2, 0.25) is 0 Å². The molecular weight excluding hydrogens is 553 g/mol. The Morgan fingerprint density at radius 3 is 2.51 bits per heavy atom. The number of nitrogens with zero attached hydrogens (tertiary/aromatic N) is 6. The topological polar surface area (TPSA) is 84.2 Å². The molecule has 6 rings (SSSR count). The van der Waals surface area contributed by atoms with Gasteiger partial charge < -0.3 is 9.47 Å². The van der Waals surface area contributed by atoms with Crippen molar-refractivity contribution in [1.29, 1.82) is 0 Å². The van der Waals surface area contributed by atoms with Crippen molar-refractivity contribution in [2.24, 2.45) is 7.05 Å². The number of hydrogen-bond acceptors (Lipinski definition) is 7. The van der Waals surface area contributed by atoms with Crippen LogP contribution in [0.5, 0.6) is 0 Å². The highest BCUT2D eigenvalue weighted by Crippen LogP contribution is 2.27. The van der Waals surface area contributed by atoms with Crippen LogP contribution < -0.4 is 0 Å². The summed E-state index contributed by atoms with van der Waals surface area (Å²) in [5, 5.41) is 10.9. The number of hydrogen-bond donors (Lipinski definition) is 0. The quantitative estimate of drug-likeness (QED) is 0.207. The van der Waals surface area contributed by atoms with Gasteiger partial charge in [-0.3, -0.25) is 4.98 Å². The average Bonchev–Trinajstić information content (AvgIpc) is 3.18. The van der Waals surface area contributed by atoms with Gasteiger partial charge in [0.25, 0.3) is 0 Å². The fourth-order valence-electron chi connectivity index (χ4n) is 5.92. The summed E-state index contributed by atoms with van der Waals surface area (Å²) in [5.74, 6) is 1.83. The van der Waals surface area contributed by atoms with Crippen LogP contribution in [0.1, 0.15) is 43.2 Å². The summed E-state index contributed by atoms with van der Waals surface area (Å²) in [7, 11) is -1.39. The molecule has 1 fully saturated rings. The average molecular weight is 591 g/mol. The maximum atomic E-state index is 13.3. The molecule has 0 N–H and O–H groups in total. The molecule has 1 saturated heterocycles. The van der Waals surface area contributed by atoms with Crippen LogP contribution in [0, 0.1) is 0 Å². The standard InChI is InChI=1S/C31H38N6O2S2/c1-35-30(27-10-12-29-26(22-27)8-6-15-32-29)33-34-31(35)40-21-7-16-36-19-13-24-9-11-28(23-25(24)14-20-36)41(38,39)37-17-4-2-3-5-18-37/h6,8-12,15,22-23H,2-5,7,13-14,16-21H2,1H3. The molecule has 2 aliphatic rings. The van der Waals surface area contributed by atoms with Crippen LogP contribution in [0.15, 0.2) is 64.8 Å². The molecule has 0 aliphatic carbocycles. The van der Waals surface area contributed by atoms with Crippen molar-refractivity contribution < 1.29 is 8.42 Å². The van der Waals surface area contributed by atoms with E-state index < -0.39 is 10.0 Å². The predicted octanol–water partition coefficient (Wildman–Crippen LogP) is 5.18. The highest BCUT2D eigenvalue weighted by Gasteiger charge is 2.26. The molecule has 0 unspecified atom stereocenters. The second-order valence-corrected chi connectivity index (χ2v) is 14.1. The number of fused-ring (bicyclic) bond motifs is 2. The molecule has 8 nitrogen and oxygen atoms in total. The van der Waals surface area contributed by atoms with E-state index >= 15 is 0 Å². The van der Waals surface area contributed by atoms with Crippen molar-refractivity contribution in [1.82, 2.24) is 29.0 Å². The Balaban J connectivity index is 1.02. The fourth-order valence-corrected chi connectivity index (χ4v) is 8.32. The van der Waals surface area contributed by atoms with E-state index in [0.717, 1.165) is 97.8 Å². The lowest BCUT2D eigenvalue weighted by Crippen LogP contribution is -2.32. The molecule has 2 aromatic carbocycles. The highest BCUT2D eigenvalue weighted by molar-refractivity contribution is 7.99. The van der Waals surface area contributed by atoms with Gasteiger partial charge in [-0.05, 0) is 86.2 Å². The molecule has 0 radical (unpaired) electrons. The fraction of sp³-hybridized carbons (Fsp3) is 0.452. The first-order valence-electron chi connectivity index (χ1n) is 14.7. The van der Waals surface area contributed by atoms with Crippen LogP contribution in [0.25, 0.3) is 22.3 Å². The van der Waals surface area contributed by atoms with E-state index in [9.17, 15) is 8.42 Å². The minimum absolute atomic E-state index is 0.464. The molecule has 2 aromatic heterocycles. The van der Waals surface area contributed by atoms with Crippen molar-refractivity contribution in [2.45, 2.75) is 55.0 Å². The maximum Gasteiger partial charge on any atom is 0.243 e. The molecule has 2 aliphatic heterocycles. The summed E-state index contributed by atoms with van der Waals surface area (Å²) >= 11 is 1.75. The SMILES string of the molecule is Cn1c(SCCCN2CCc3ccc(S(=O)(=O)N4CCCCCC4)cc3CC2)nnc1-c1ccc2ncccc2c1. The smallest absolute Gasteiger partial charge is 0.243 e. The van der Waals surface area contributed by atoms with Gasteiger partial charge in [-0.1, -0.05) is 36.7 Å². The lowest BCUT2D eigenvalue weighted by atomic mass is 10.0. The van der Waals surface area contributed by atoms with Crippen LogP contribution in [0.4, 0.5) is 0 Å². The first-order valence-corrected chi connectivity index (χ1v) is 17.1. The van der Waals surface area contributed by atoms with Crippen molar-refractivity contribution in [2.75, 3.05) is 38.5 Å². The Labute approximate surface area is 247 Å². The maximum absolute atomic E-state index is 13.3. The molecule has 4 heterocycles. The zero-order chi connectivity index (χ0) is 28.2. The van der Waals surface area contributed by atoms with Crippen molar-refractivity contribution >= 4 is 32.7 Å². The zero-order valence-corrected chi connectivity index (χ0v) is 25.3. The minimum Gasteiger partial charge on any atom is -0.305 e. The van der Waals surface area contributed by atoms with Gasteiger partial charge in [0.1, 0.15) is 0 Å². The second-order valence-electron chi connectivity index (χ2n) is 11.1. The summed E-state index contributed by atoms with van der Waals surface area (Å²) in [6, 6.07) is 16.0. The van der Waals surface area contributed by atoms with E-state index in [-0.39, 0.29) is 0 Å². The third kappa shape index (κ3) is 6.35. The second kappa shape index (κ2) is 12.6. The van der Waals surface area contributed by atoms with E-state index in [1.165, 1.54) is 11.1 Å². The molecule has 41 heavy (non-hydrogen) atoms. The molecule has 216 valence electrons. The molecule has 0 bridgehead atoms. The monoisotopic (exact) mass is 590 g/mol. The van der Waals surface area contributed by atoms with Gasteiger partial charge in [-0.2, -0.15) is 4.31 Å². The van der Waals surface area contributed by atoms with E-state index in [1.54, 1.807) is 16.1 Å². The zero-order valence-electron chi connectivity index (χ0n) is 23.7. The number of thioether (sulfide) groups is 1. The van der Waals surface area contributed by atoms with E-state index in [4.69, 9.17) is 0 Å². The third-order valence-electron chi connectivity index (χ3n) is 8.32. The Morgan fingerprint density at radius 1 is 0.878 bits per heavy atom. The summed E-state index contributed by atoms with van der Waals surface area (Å²) in [5.41, 5.74) is 4.49. The highest BCUT2D eigenvalue weighted by atomic mass is 32.2. The largest absolute Gasteiger partial charge is 0.305 e. The number of pyridine rings is 1. The van der Waals surface area contributed by atoms with Crippen LogP contribution in [0.3, 0.4) is 0 Å². The third-order valence-corrected chi connectivity index (χ3v) is 11.3. The van der Waals surface area contributed by atoms with E-state index in [2.05, 4.69) is 48.9 Å². The molecule has 4 aromatic rings. The Hall–Kier alpha value is -2.79. The summed E-state index contributed by atoms with van der Waals surface area (Å²) in [6.45, 7) is 4.25. The Morgan fingerprint density at radius 2 is 1.68 bits per heavy atom. The normalized spacial score (nSPS) is 17.3. The lowest BCUT2D eigenvalue weighted by Gasteiger charge is -2.20. The van der Waals surface area contributed by atoms with E-state index in [1.807, 2.05) is 37.5 Å². The minimum atomic E-state index is -3.42. The molecular formula is C31H38N6O2S2. The molecule has 10 heteroatoms. The molecule has 0 spiro atoms. The Bertz CT molecular complexity index is 1610. The van der Waals surface area contributed by atoms with Gasteiger partial charge in [0.05, 0.1) is 10.4 Å². The molecule has 0 atom stereocenters. The summed E-state index contributed by atoms with van der Waals surface area (Å²) in [6.07, 6.45) is 8.86. The number of rotatable bonds is 8. The number of aromatic nitrogens is 4. The van der Waals surface area contributed by atoms with Crippen molar-refractivity contribution in [3.05, 3.63) is 65.9 Å². The van der Waals surface area contributed by atoms with E-state index in [0.29, 0.717) is 18.0 Å². The summed E-state index contributed by atoms with van der Waals surface area (Å²) in [4.78, 5) is 7.38. The number of benzene rings is 2. The van der Waals surface area contributed by atoms with Gasteiger partial charge in [0, 0.05) is 56.1 Å². The summed E-state index contributed by atoms with van der Waals surface area (Å²) < 4.78 is 30.4. The van der Waals surface area contributed by atoms with Gasteiger partial charge >= 0.3 is 0 Å². The van der Waals surface area contributed by atoms with Crippen LogP contribution >= 0.6 is 11.8 Å². The molecule has 0 amide bonds. The Kier molecular flexibility index (Phi) is 8.71. The number of sulfonamides is 1. The van der Waals surface area contributed by atoms with Gasteiger partial charge in [-0.25, -0.2) is 8.42 Å². The first kappa shape index (κ1) is 28.3. The molecule has 0 saturated carbocycles. The van der Waals surface area contributed by atoms with Gasteiger partial charge in [0.15, 0.2) is 11.0 Å².